The molecule has 0 atom stereocenters. The third kappa shape index (κ3) is 2.75. The van der Waals surface area contributed by atoms with Crippen molar-refractivity contribution < 1.29 is 29.1 Å². The Kier molecular flexibility index (Phi) is 1.71. The van der Waals surface area contributed by atoms with Crippen molar-refractivity contribution in [2.24, 2.45) is 0 Å². The van der Waals surface area contributed by atoms with Crippen LogP contribution in [0.1, 0.15) is 24.7 Å². The number of furan rings is 1. The van der Waals surface area contributed by atoms with Crippen LogP contribution >= 0.6 is 11.6 Å². The van der Waals surface area contributed by atoms with Crippen molar-refractivity contribution in [2.45, 2.75) is 0 Å². The second-order valence-corrected chi connectivity index (χ2v) is 7.33. The molecule has 0 unspecified atom stereocenters. The van der Waals surface area contributed by atoms with Crippen LogP contribution in [-0.4, -0.2) is 4.57 Å². The zero-order chi connectivity index (χ0) is 37.6. The molecule has 5 aromatic carbocycles. The highest BCUT2D eigenvalue weighted by Crippen LogP contribution is 2.39. The number of halogens is 1. The van der Waals surface area contributed by atoms with Crippen molar-refractivity contribution in [1.29, 1.82) is 0 Å². The van der Waals surface area contributed by atoms with E-state index in [1.54, 1.807) is 0 Å². The fourth-order valence-electron chi connectivity index (χ4n) is 3.79. The summed E-state index contributed by atoms with van der Waals surface area (Å²) in [6.07, 6.45) is 0. The predicted octanol–water partition coefficient (Wildman–Crippen LogP) is 9.00. The highest BCUT2D eigenvalue weighted by molar-refractivity contribution is 6.32. The largest absolute Gasteiger partial charge is 0.455 e. The van der Waals surface area contributed by atoms with E-state index in [2.05, 4.69) is 0 Å². The molecule has 0 radical (unpaired) electrons. The van der Waals surface area contributed by atoms with E-state index in [4.69, 9.17) is 40.7 Å². The van der Waals surface area contributed by atoms with E-state index in [0.717, 1.165) is 4.57 Å². The molecule has 2 heterocycles. The first-order valence-corrected chi connectivity index (χ1v) is 9.90. The highest BCUT2D eigenvalue weighted by atomic mass is 35.5. The van der Waals surface area contributed by atoms with E-state index >= 15 is 0 Å². The Balaban J connectivity index is 1.70. The van der Waals surface area contributed by atoms with Crippen LogP contribution < -0.4 is 0 Å². The maximum atomic E-state index is 9.13. The molecule has 33 heavy (non-hydrogen) atoms. The van der Waals surface area contributed by atoms with Crippen LogP contribution in [0.2, 0.25) is 5.02 Å². The minimum absolute atomic E-state index is 0.260. The van der Waals surface area contributed by atoms with Crippen molar-refractivity contribution in [2.75, 3.05) is 0 Å². The van der Waals surface area contributed by atoms with Gasteiger partial charge in [-0.05, 0) is 47.9 Å². The maximum absolute atomic E-state index is 9.13. The molecule has 0 saturated carbocycles. The van der Waals surface area contributed by atoms with E-state index in [0.29, 0.717) is 0 Å². The summed E-state index contributed by atoms with van der Waals surface area (Å²) in [4.78, 5) is 0. The maximum Gasteiger partial charge on any atom is 0.143 e. The van der Waals surface area contributed by atoms with Crippen molar-refractivity contribution in [3.8, 4) is 16.8 Å². The Morgan fingerprint density at radius 1 is 0.636 bits per heavy atom. The van der Waals surface area contributed by atoms with Gasteiger partial charge in [0.25, 0.3) is 0 Å². The Morgan fingerprint density at radius 3 is 1.94 bits per heavy atom. The SMILES string of the molecule is [2H]c1c([2H])c(-n2c3c([2H])c([2H])c([2H])c([2H])c3c3c([2H])c([2H])c([2H])c([2H])c32)c([2H])c([2H])c1-c1c([2H])c(Cl)c([2H])c2c1oc1c([2H])c([2H])c([2H])c([2H])c12. The first-order chi connectivity index (χ1) is 23.8. The van der Waals surface area contributed by atoms with E-state index < -0.39 is 153 Å². The average Bonchev–Trinajstić information content (AvgIpc) is 3.67. The molecular weight excluding hydrogens is 426 g/mol. The van der Waals surface area contributed by atoms with Gasteiger partial charge < -0.3 is 8.98 Å². The molecule has 3 heteroatoms. The smallest absolute Gasteiger partial charge is 0.143 e. The standard InChI is InChI=1S/C30H18ClNO/c31-20-17-25(30-26(18-20)24-9-3-6-12-29(24)33-30)19-13-15-21(16-14-19)32-27-10-4-1-7-22(27)23-8-2-5-11-28(23)32/h1-18H/i1D,2D,3D,4D,5D,6D,7D,8D,9D,10D,11D,12D,13D,14D,15D,16D,17D,18D. The van der Waals surface area contributed by atoms with E-state index in [-0.39, 0.29) is 21.5 Å². The Morgan fingerprint density at radius 2 is 1.24 bits per heavy atom. The third-order valence-corrected chi connectivity index (χ3v) is 5.34. The summed E-state index contributed by atoms with van der Waals surface area (Å²) in [5.41, 5.74) is -3.46. The number of para-hydroxylation sites is 3. The molecule has 0 amide bonds. The number of hydrogen-bond donors (Lipinski definition) is 0. The van der Waals surface area contributed by atoms with Gasteiger partial charge in [-0.25, -0.2) is 0 Å². The van der Waals surface area contributed by atoms with Crippen LogP contribution in [0.4, 0.5) is 0 Å². The summed E-state index contributed by atoms with van der Waals surface area (Å²) >= 11 is 6.41. The zero-order valence-corrected chi connectivity index (χ0v) is 17.0. The van der Waals surface area contributed by atoms with Crippen molar-refractivity contribution in [3.05, 3.63) is 114 Å². The van der Waals surface area contributed by atoms with Gasteiger partial charge in [-0.1, -0.05) is 78.1 Å². The summed E-state index contributed by atoms with van der Waals surface area (Å²) in [5, 5.41) is -1.78. The molecule has 156 valence electrons. The molecule has 0 aliphatic carbocycles. The Labute approximate surface area is 220 Å². The Bertz CT molecular complexity index is 2700. The van der Waals surface area contributed by atoms with E-state index in [1.165, 1.54) is 0 Å². The number of benzene rings is 5. The van der Waals surface area contributed by atoms with Crippen LogP contribution in [0, 0.1) is 0 Å². The number of fused-ring (bicyclic) bond motifs is 6. The lowest BCUT2D eigenvalue weighted by atomic mass is 10.0. The van der Waals surface area contributed by atoms with Crippen LogP contribution in [-0.2, 0) is 0 Å². The molecular formula is C30H18ClNO. The number of aromatic nitrogens is 1. The van der Waals surface area contributed by atoms with Crippen molar-refractivity contribution in [1.82, 2.24) is 4.57 Å². The minimum Gasteiger partial charge on any atom is -0.455 e. The molecule has 2 aromatic heterocycles. The fraction of sp³-hybridized carbons (Fsp3) is 0. The van der Waals surface area contributed by atoms with Gasteiger partial charge in [0.1, 0.15) is 11.2 Å². The molecule has 7 aromatic rings. The van der Waals surface area contributed by atoms with Crippen LogP contribution in [0.25, 0.3) is 60.6 Å². The van der Waals surface area contributed by atoms with Crippen LogP contribution in [0.15, 0.2) is 113 Å². The summed E-state index contributed by atoms with van der Waals surface area (Å²) in [6, 6.07) is -13.0. The van der Waals surface area contributed by atoms with Gasteiger partial charge in [-0.3, -0.25) is 0 Å². The van der Waals surface area contributed by atoms with E-state index in [1.807, 2.05) is 0 Å². The fourth-order valence-corrected chi connectivity index (χ4v) is 3.98. The van der Waals surface area contributed by atoms with Gasteiger partial charge in [0.2, 0.25) is 0 Å². The summed E-state index contributed by atoms with van der Waals surface area (Å²) in [7, 11) is 0. The summed E-state index contributed by atoms with van der Waals surface area (Å²) in [6.45, 7) is 0. The van der Waals surface area contributed by atoms with E-state index in [9.17, 15) is 0 Å². The third-order valence-electron chi connectivity index (χ3n) is 5.15. The number of nitrogens with zero attached hydrogens (tertiary/aromatic N) is 1. The topological polar surface area (TPSA) is 18.1 Å². The van der Waals surface area contributed by atoms with Gasteiger partial charge in [0.15, 0.2) is 0 Å². The second kappa shape index (κ2) is 6.99. The summed E-state index contributed by atoms with van der Waals surface area (Å²) < 4.78 is 161. The zero-order valence-electron chi connectivity index (χ0n) is 34.2. The first kappa shape index (κ1) is 8.09. The van der Waals surface area contributed by atoms with Gasteiger partial charge >= 0.3 is 0 Å². The average molecular weight is 462 g/mol. The lowest BCUT2D eigenvalue weighted by Crippen LogP contribution is -1.93. The first-order valence-electron chi connectivity index (χ1n) is 18.5. The predicted molar refractivity (Wildman–Crippen MR) is 139 cm³/mol. The lowest BCUT2D eigenvalue weighted by Gasteiger charge is -2.10. The molecule has 2 nitrogen and oxygen atoms in total. The lowest BCUT2D eigenvalue weighted by molar-refractivity contribution is 0.670. The monoisotopic (exact) mass is 461 g/mol. The normalized spacial score (nSPS) is 19.4. The molecule has 0 aliphatic heterocycles. The van der Waals surface area contributed by atoms with Crippen molar-refractivity contribution >= 4 is 55.3 Å². The molecule has 0 N–H and O–H groups in total. The van der Waals surface area contributed by atoms with Crippen molar-refractivity contribution in [3.63, 3.8) is 0 Å². The number of hydrogen-bond acceptors (Lipinski definition) is 1. The molecule has 0 spiro atoms. The molecule has 7 rings (SSSR count). The Hall–Kier alpha value is -4.01. The molecule has 0 saturated heterocycles. The quantitative estimate of drug-likeness (QED) is 0.251. The van der Waals surface area contributed by atoms with Gasteiger partial charge in [0, 0.05) is 37.8 Å². The molecule has 0 bridgehead atoms. The second-order valence-electron chi connectivity index (χ2n) is 6.96. The highest BCUT2D eigenvalue weighted by Gasteiger charge is 2.15. The molecule has 0 aliphatic rings. The van der Waals surface area contributed by atoms with Gasteiger partial charge in [-0.15, -0.1) is 0 Å². The minimum atomic E-state index is -0.872. The van der Waals surface area contributed by atoms with Crippen LogP contribution in [0.5, 0.6) is 0 Å². The summed E-state index contributed by atoms with van der Waals surface area (Å²) in [5.74, 6) is 0. The number of rotatable bonds is 2. The van der Waals surface area contributed by atoms with Gasteiger partial charge in [0.05, 0.1) is 35.7 Å². The molecule has 0 fully saturated rings. The van der Waals surface area contributed by atoms with Gasteiger partial charge in [-0.2, -0.15) is 0 Å². The van der Waals surface area contributed by atoms with Crippen LogP contribution in [0.3, 0.4) is 0 Å².